The van der Waals surface area contributed by atoms with E-state index in [4.69, 9.17) is 0 Å². The summed E-state index contributed by atoms with van der Waals surface area (Å²) in [6.07, 6.45) is 3.26. The minimum Gasteiger partial charge on any atom is -0.299 e. The van der Waals surface area contributed by atoms with Gasteiger partial charge in [-0.2, -0.15) is 0 Å². The minimum absolute atomic E-state index is 0.184. The fourth-order valence-electron chi connectivity index (χ4n) is 2.35. The molecule has 0 aliphatic rings. The number of hydrogen-bond donors (Lipinski definition) is 0. The fraction of sp³-hybridized carbons (Fsp3) is 0.176. The van der Waals surface area contributed by atoms with Crippen molar-refractivity contribution < 1.29 is 4.79 Å². The summed E-state index contributed by atoms with van der Waals surface area (Å²) in [6, 6.07) is 15.8. The van der Waals surface area contributed by atoms with Gasteiger partial charge in [-0.3, -0.25) is 9.36 Å². The van der Waals surface area contributed by atoms with Gasteiger partial charge in [0.15, 0.2) is 5.78 Å². The molecule has 1 heterocycles. The van der Waals surface area contributed by atoms with Gasteiger partial charge in [0.25, 0.3) is 0 Å². The van der Waals surface area contributed by atoms with Crippen LogP contribution in [0.1, 0.15) is 30.1 Å². The Labute approximate surface area is 117 Å². The molecule has 3 nitrogen and oxygen atoms in total. The highest BCUT2D eigenvalue weighted by atomic mass is 16.1. The number of carbonyl (C=O) groups is 1. The van der Waals surface area contributed by atoms with Crippen molar-refractivity contribution in [3.63, 3.8) is 0 Å². The molecule has 0 radical (unpaired) electrons. The van der Waals surface area contributed by atoms with E-state index in [-0.39, 0.29) is 5.78 Å². The summed E-state index contributed by atoms with van der Waals surface area (Å²) in [5, 5.41) is 0. The number of fused-ring (bicyclic) bond motifs is 1. The number of benzene rings is 2. The lowest BCUT2D eigenvalue weighted by atomic mass is 10.1. The molecule has 0 fully saturated rings. The molecule has 0 aliphatic heterocycles. The van der Waals surface area contributed by atoms with E-state index in [1.807, 2.05) is 60.0 Å². The molecule has 20 heavy (non-hydrogen) atoms. The van der Waals surface area contributed by atoms with E-state index in [0.29, 0.717) is 6.42 Å². The van der Waals surface area contributed by atoms with Crippen molar-refractivity contribution in [3.05, 3.63) is 60.4 Å². The average Bonchev–Trinajstić information content (AvgIpc) is 2.91. The van der Waals surface area contributed by atoms with Crippen molar-refractivity contribution in [1.29, 1.82) is 0 Å². The highest BCUT2D eigenvalue weighted by molar-refractivity contribution is 5.99. The van der Waals surface area contributed by atoms with Crippen molar-refractivity contribution in [1.82, 2.24) is 9.55 Å². The average molecular weight is 264 g/mol. The molecule has 3 rings (SSSR count). The van der Waals surface area contributed by atoms with Crippen LogP contribution in [-0.2, 0) is 0 Å². The Morgan fingerprint density at radius 2 is 1.95 bits per heavy atom. The quantitative estimate of drug-likeness (QED) is 0.667. The van der Waals surface area contributed by atoms with Gasteiger partial charge in [-0.1, -0.05) is 25.1 Å². The van der Waals surface area contributed by atoms with Gasteiger partial charge >= 0.3 is 0 Å². The molecule has 0 atom stereocenters. The second-order valence-corrected chi connectivity index (χ2v) is 4.83. The Hall–Kier alpha value is -2.42. The van der Waals surface area contributed by atoms with Gasteiger partial charge in [0, 0.05) is 17.7 Å². The Balaban J connectivity index is 2.05. The number of carbonyl (C=O) groups excluding carboxylic acids is 1. The Morgan fingerprint density at radius 1 is 1.15 bits per heavy atom. The molecular weight excluding hydrogens is 248 g/mol. The summed E-state index contributed by atoms with van der Waals surface area (Å²) in [4.78, 5) is 16.3. The van der Waals surface area contributed by atoms with Crippen LogP contribution < -0.4 is 0 Å². The second-order valence-electron chi connectivity index (χ2n) is 4.83. The first-order valence-electron chi connectivity index (χ1n) is 6.85. The van der Waals surface area contributed by atoms with E-state index in [1.165, 1.54) is 0 Å². The molecule has 100 valence electrons. The van der Waals surface area contributed by atoms with Crippen molar-refractivity contribution in [2.24, 2.45) is 0 Å². The van der Waals surface area contributed by atoms with Crippen LogP contribution in [-0.4, -0.2) is 15.3 Å². The molecule has 3 heteroatoms. The van der Waals surface area contributed by atoms with Crippen LogP contribution in [0.4, 0.5) is 0 Å². The van der Waals surface area contributed by atoms with Gasteiger partial charge < -0.3 is 0 Å². The Kier molecular flexibility index (Phi) is 3.33. The van der Waals surface area contributed by atoms with Crippen LogP contribution in [0.3, 0.4) is 0 Å². The zero-order valence-electron chi connectivity index (χ0n) is 11.4. The third-order valence-electron chi connectivity index (χ3n) is 3.38. The third-order valence-corrected chi connectivity index (χ3v) is 3.38. The number of ketones is 1. The van der Waals surface area contributed by atoms with Gasteiger partial charge in [0.2, 0.25) is 0 Å². The molecule has 1 aromatic heterocycles. The predicted octanol–water partition coefficient (Wildman–Crippen LogP) is 4.01. The van der Waals surface area contributed by atoms with Crippen LogP contribution in [0.25, 0.3) is 16.7 Å². The molecule has 0 unspecified atom stereocenters. The lowest BCUT2D eigenvalue weighted by Gasteiger charge is -2.04. The zero-order chi connectivity index (χ0) is 13.9. The normalized spacial score (nSPS) is 10.8. The standard InChI is InChI=1S/C17H16N2O/c1-2-6-17(20)13-9-10-16-15(11-13)18-12-19(16)14-7-4-3-5-8-14/h3-5,7-12H,2,6H2,1H3. The summed E-state index contributed by atoms with van der Waals surface area (Å²) in [5.74, 6) is 0.184. The predicted molar refractivity (Wildman–Crippen MR) is 80.3 cm³/mol. The Morgan fingerprint density at radius 3 is 2.70 bits per heavy atom. The van der Waals surface area contributed by atoms with Crippen LogP contribution in [0.2, 0.25) is 0 Å². The first-order chi connectivity index (χ1) is 9.79. The van der Waals surface area contributed by atoms with Crippen molar-refractivity contribution in [2.45, 2.75) is 19.8 Å². The molecule has 0 aliphatic carbocycles. The van der Waals surface area contributed by atoms with Crippen LogP contribution in [0.15, 0.2) is 54.9 Å². The smallest absolute Gasteiger partial charge is 0.162 e. The van der Waals surface area contributed by atoms with E-state index in [9.17, 15) is 4.79 Å². The van der Waals surface area contributed by atoms with Gasteiger partial charge in [0.05, 0.1) is 11.0 Å². The number of imidazole rings is 1. The van der Waals surface area contributed by atoms with E-state index in [2.05, 4.69) is 4.98 Å². The van der Waals surface area contributed by atoms with Crippen LogP contribution in [0, 0.1) is 0 Å². The molecule has 0 bridgehead atoms. The highest BCUT2D eigenvalue weighted by Gasteiger charge is 2.09. The number of para-hydroxylation sites is 1. The first kappa shape index (κ1) is 12.6. The monoisotopic (exact) mass is 264 g/mol. The molecule has 0 saturated heterocycles. The van der Waals surface area contributed by atoms with E-state index in [1.54, 1.807) is 6.33 Å². The molecule has 3 aromatic rings. The summed E-state index contributed by atoms with van der Waals surface area (Å²) in [7, 11) is 0. The third kappa shape index (κ3) is 2.23. The van der Waals surface area contributed by atoms with E-state index >= 15 is 0 Å². The molecule has 0 N–H and O–H groups in total. The molecule has 2 aromatic carbocycles. The molecule has 0 spiro atoms. The lowest BCUT2D eigenvalue weighted by Crippen LogP contribution is -1.98. The molecule has 0 amide bonds. The van der Waals surface area contributed by atoms with Crippen LogP contribution in [0.5, 0.6) is 0 Å². The van der Waals surface area contributed by atoms with Crippen molar-refractivity contribution >= 4 is 16.8 Å². The Bertz CT molecular complexity index is 744. The molecule has 0 saturated carbocycles. The topological polar surface area (TPSA) is 34.9 Å². The summed E-state index contributed by atoms with van der Waals surface area (Å²) >= 11 is 0. The number of hydrogen-bond acceptors (Lipinski definition) is 2. The zero-order valence-corrected chi connectivity index (χ0v) is 11.4. The molecular formula is C17H16N2O. The number of Topliss-reactive ketones (excluding diaryl/α,β-unsaturated/α-hetero) is 1. The van der Waals surface area contributed by atoms with Gasteiger partial charge in [-0.25, -0.2) is 4.98 Å². The minimum atomic E-state index is 0.184. The number of aromatic nitrogens is 2. The largest absolute Gasteiger partial charge is 0.299 e. The highest BCUT2D eigenvalue weighted by Crippen LogP contribution is 2.20. The maximum Gasteiger partial charge on any atom is 0.162 e. The summed E-state index contributed by atoms with van der Waals surface area (Å²) in [6.45, 7) is 2.01. The van der Waals surface area contributed by atoms with E-state index < -0.39 is 0 Å². The first-order valence-corrected chi connectivity index (χ1v) is 6.85. The maximum absolute atomic E-state index is 11.9. The second kappa shape index (κ2) is 5.29. The maximum atomic E-state index is 11.9. The van der Waals surface area contributed by atoms with E-state index in [0.717, 1.165) is 28.7 Å². The van der Waals surface area contributed by atoms with Gasteiger partial charge in [0.1, 0.15) is 6.33 Å². The fourth-order valence-corrected chi connectivity index (χ4v) is 2.35. The number of nitrogens with zero attached hydrogens (tertiary/aromatic N) is 2. The van der Waals surface area contributed by atoms with Gasteiger partial charge in [-0.15, -0.1) is 0 Å². The number of rotatable bonds is 4. The van der Waals surface area contributed by atoms with Gasteiger partial charge in [-0.05, 0) is 36.8 Å². The van der Waals surface area contributed by atoms with Crippen molar-refractivity contribution in [2.75, 3.05) is 0 Å². The van der Waals surface area contributed by atoms with Crippen molar-refractivity contribution in [3.8, 4) is 5.69 Å². The SMILES string of the molecule is CCCC(=O)c1ccc2c(c1)ncn2-c1ccccc1. The summed E-state index contributed by atoms with van der Waals surface area (Å²) in [5.41, 5.74) is 3.69. The summed E-state index contributed by atoms with van der Waals surface area (Å²) < 4.78 is 2.03. The van der Waals surface area contributed by atoms with Crippen LogP contribution >= 0.6 is 0 Å². The lowest BCUT2D eigenvalue weighted by molar-refractivity contribution is 0.0982.